The van der Waals surface area contributed by atoms with E-state index in [-0.39, 0.29) is 36.3 Å². The maximum absolute atomic E-state index is 12.8. The van der Waals surface area contributed by atoms with E-state index in [9.17, 15) is 14.4 Å². The van der Waals surface area contributed by atoms with Crippen LogP contribution in [0.25, 0.3) is 0 Å². The summed E-state index contributed by atoms with van der Waals surface area (Å²) < 4.78 is 5.64. The Morgan fingerprint density at radius 1 is 1.07 bits per heavy atom. The van der Waals surface area contributed by atoms with Crippen LogP contribution in [0.3, 0.4) is 0 Å². The van der Waals surface area contributed by atoms with Gasteiger partial charge >= 0.3 is 0 Å². The molecule has 0 aliphatic carbocycles. The van der Waals surface area contributed by atoms with Crippen LogP contribution in [0.1, 0.15) is 39.2 Å². The average molecular weight is 416 g/mol. The third-order valence-electron chi connectivity index (χ3n) is 5.90. The van der Waals surface area contributed by atoms with Gasteiger partial charge in [-0.2, -0.15) is 0 Å². The van der Waals surface area contributed by atoms with E-state index in [1.807, 2.05) is 38.1 Å². The second-order valence-corrected chi connectivity index (χ2v) is 8.43. The number of benzene rings is 1. The molecular weight excluding hydrogens is 382 g/mol. The molecule has 1 atom stereocenters. The highest BCUT2D eigenvalue weighted by Gasteiger charge is 2.38. The van der Waals surface area contributed by atoms with Crippen LogP contribution in [0.2, 0.25) is 0 Å². The van der Waals surface area contributed by atoms with Crippen molar-refractivity contribution in [2.24, 2.45) is 5.92 Å². The molecule has 2 heterocycles. The van der Waals surface area contributed by atoms with Crippen LogP contribution in [0.15, 0.2) is 24.3 Å². The lowest BCUT2D eigenvalue weighted by atomic mass is 10.1. The van der Waals surface area contributed by atoms with Gasteiger partial charge in [-0.3, -0.25) is 14.4 Å². The van der Waals surface area contributed by atoms with Crippen LogP contribution in [0.4, 0.5) is 0 Å². The van der Waals surface area contributed by atoms with Gasteiger partial charge in [0.15, 0.2) is 6.61 Å². The number of amides is 3. The summed E-state index contributed by atoms with van der Waals surface area (Å²) in [7, 11) is 0. The lowest BCUT2D eigenvalue weighted by Crippen LogP contribution is -2.53. The van der Waals surface area contributed by atoms with Crippen LogP contribution in [-0.4, -0.2) is 77.8 Å². The van der Waals surface area contributed by atoms with Crippen LogP contribution in [0, 0.1) is 5.92 Å². The number of aryl methyl sites for hydroxylation is 1. The lowest BCUT2D eigenvalue weighted by Gasteiger charge is -2.36. The predicted molar refractivity (Wildman–Crippen MR) is 114 cm³/mol. The Balaban J connectivity index is 1.43. The fourth-order valence-electron chi connectivity index (χ4n) is 4.11. The van der Waals surface area contributed by atoms with Crippen molar-refractivity contribution in [1.29, 1.82) is 0 Å². The molecule has 0 spiro atoms. The van der Waals surface area contributed by atoms with Gasteiger partial charge in [0, 0.05) is 45.2 Å². The molecule has 3 amide bonds. The highest BCUT2D eigenvalue weighted by molar-refractivity contribution is 5.89. The van der Waals surface area contributed by atoms with Crippen molar-refractivity contribution < 1.29 is 19.1 Å². The summed E-state index contributed by atoms with van der Waals surface area (Å²) in [5.74, 6) is 0.444. The molecule has 0 N–H and O–H groups in total. The fraction of sp³-hybridized carbons (Fsp3) is 0.609. The number of nitrogens with zero attached hydrogens (tertiary/aromatic N) is 3. The first-order valence-electron chi connectivity index (χ1n) is 11.0. The zero-order valence-electron chi connectivity index (χ0n) is 18.3. The number of piperazine rings is 1. The van der Waals surface area contributed by atoms with Crippen LogP contribution >= 0.6 is 0 Å². The molecule has 1 aromatic carbocycles. The van der Waals surface area contributed by atoms with Gasteiger partial charge in [-0.05, 0) is 38.0 Å². The van der Waals surface area contributed by atoms with Crippen molar-refractivity contribution >= 4 is 17.7 Å². The Labute approximate surface area is 179 Å². The Kier molecular flexibility index (Phi) is 7.34. The van der Waals surface area contributed by atoms with Gasteiger partial charge in [0.25, 0.3) is 5.91 Å². The summed E-state index contributed by atoms with van der Waals surface area (Å²) in [5.41, 5.74) is 1.26. The van der Waals surface area contributed by atoms with Crippen molar-refractivity contribution in [3.63, 3.8) is 0 Å². The van der Waals surface area contributed by atoms with Crippen molar-refractivity contribution in [2.45, 2.75) is 46.1 Å². The fourth-order valence-corrected chi connectivity index (χ4v) is 4.11. The SMILES string of the molecule is CCCc1ccc(OCC(=O)N2CCN(C(=O)C3CC(=O)N(C(C)C)C3)CC2)cc1. The predicted octanol–water partition coefficient (Wildman–Crippen LogP) is 1.95. The van der Waals surface area contributed by atoms with E-state index < -0.39 is 0 Å². The van der Waals surface area contributed by atoms with Crippen molar-refractivity contribution in [2.75, 3.05) is 39.3 Å². The number of hydrogen-bond donors (Lipinski definition) is 0. The number of hydrogen-bond acceptors (Lipinski definition) is 4. The molecule has 2 fully saturated rings. The molecule has 0 saturated carbocycles. The minimum atomic E-state index is -0.263. The van der Waals surface area contributed by atoms with E-state index in [0.717, 1.165) is 12.8 Å². The molecular formula is C23H33N3O4. The second-order valence-electron chi connectivity index (χ2n) is 8.43. The molecule has 30 heavy (non-hydrogen) atoms. The van der Waals surface area contributed by atoms with E-state index in [1.165, 1.54) is 5.56 Å². The van der Waals surface area contributed by atoms with E-state index in [1.54, 1.807) is 14.7 Å². The van der Waals surface area contributed by atoms with Crippen molar-refractivity contribution in [3.05, 3.63) is 29.8 Å². The van der Waals surface area contributed by atoms with Gasteiger partial charge in [0.05, 0.1) is 5.92 Å². The van der Waals surface area contributed by atoms with Gasteiger partial charge in [-0.15, -0.1) is 0 Å². The molecule has 7 heteroatoms. The first kappa shape index (κ1) is 22.1. The average Bonchev–Trinajstić information content (AvgIpc) is 3.15. The second kappa shape index (κ2) is 9.96. The quantitative estimate of drug-likeness (QED) is 0.683. The standard InChI is InChI=1S/C23H33N3O4/c1-4-5-18-6-8-20(9-7-18)30-16-22(28)24-10-12-25(13-11-24)23(29)19-14-21(27)26(15-19)17(2)3/h6-9,17,19H,4-5,10-16H2,1-3H3. The molecule has 0 aromatic heterocycles. The van der Waals surface area contributed by atoms with Gasteiger partial charge in [-0.25, -0.2) is 0 Å². The maximum atomic E-state index is 12.8. The van der Waals surface area contributed by atoms with Gasteiger partial charge in [-0.1, -0.05) is 25.5 Å². The van der Waals surface area contributed by atoms with E-state index in [0.29, 0.717) is 44.9 Å². The van der Waals surface area contributed by atoms with E-state index in [2.05, 4.69) is 6.92 Å². The Hall–Kier alpha value is -2.57. The minimum absolute atomic E-state index is 0.00153. The third kappa shape index (κ3) is 5.32. The van der Waals surface area contributed by atoms with E-state index >= 15 is 0 Å². The van der Waals surface area contributed by atoms with Crippen LogP contribution < -0.4 is 4.74 Å². The van der Waals surface area contributed by atoms with Crippen molar-refractivity contribution in [3.8, 4) is 5.75 Å². The molecule has 2 aliphatic heterocycles. The number of carbonyl (C=O) groups is 3. The largest absolute Gasteiger partial charge is 0.484 e. The Bertz CT molecular complexity index is 754. The van der Waals surface area contributed by atoms with Crippen LogP contribution in [0.5, 0.6) is 5.75 Å². The maximum Gasteiger partial charge on any atom is 0.260 e. The number of ether oxygens (including phenoxy) is 1. The van der Waals surface area contributed by atoms with Gasteiger partial charge in [0.1, 0.15) is 5.75 Å². The Morgan fingerprint density at radius 2 is 1.70 bits per heavy atom. The molecule has 1 aromatic rings. The molecule has 164 valence electrons. The number of rotatable bonds is 7. The monoisotopic (exact) mass is 415 g/mol. The molecule has 2 aliphatic rings. The van der Waals surface area contributed by atoms with Gasteiger partial charge < -0.3 is 19.4 Å². The molecule has 0 bridgehead atoms. The molecule has 3 rings (SSSR count). The topological polar surface area (TPSA) is 70.2 Å². The van der Waals surface area contributed by atoms with Gasteiger partial charge in [0.2, 0.25) is 11.8 Å². The summed E-state index contributed by atoms with van der Waals surface area (Å²) in [6.07, 6.45) is 2.42. The Morgan fingerprint density at radius 3 is 2.27 bits per heavy atom. The molecule has 0 radical (unpaired) electrons. The summed E-state index contributed by atoms with van der Waals surface area (Å²) in [5, 5.41) is 0. The lowest BCUT2D eigenvalue weighted by molar-refractivity contribution is -0.142. The zero-order valence-corrected chi connectivity index (χ0v) is 18.3. The number of likely N-dealkylation sites (tertiary alicyclic amines) is 1. The van der Waals surface area contributed by atoms with E-state index in [4.69, 9.17) is 4.74 Å². The smallest absolute Gasteiger partial charge is 0.260 e. The summed E-state index contributed by atoms with van der Waals surface area (Å²) in [6.45, 7) is 8.58. The van der Waals surface area contributed by atoms with Crippen LogP contribution in [-0.2, 0) is 20.8 Å². The first-order valence-corrected chi connectivity index (χ1v) is 11.0. The molecule has 2 saturated heterocycles. The summed E-state index contributed by atoms with van der Waals surface area (Å²) in [4.78, 5) is 42.7. The minimum Gasteiger partial charge on any atom is -0.484 e. The summed E-state index contributed by atoms with van der Waals surface area (Å²) in [6, 6.07) is 7.98. The first-order chi connectivity index (χ1) is 14.4. The third-order valence-corrected chi connectivity index (χ3v) is 5.90. The highest BCUT2D eigenvalue weighted by Crippen LogP contribution is 2.23. The normalized spacial score (nSPS) is 19.5. The highest BCUT2D eigenvalue weighted by atomic mass is 16.5. The summed E-state index contributed by atoms with van der Waals surface area (Å²) >= 11 is 0. The molecule has 1 unspecified atom stereocenters. The zero-order chi connectivity index (χ0) is 21.7. The van der Waals surface area contributed by atoms with Crippen molar-refractivity contribution in [1.82, 2.24) is 14.7 Å². The molecule has 7 nitrogen and oxygen atoms in total. The number of carbonyl (C=O) groups excluding carboxylic acids is 3.